The number of rotatable bonds is 3. The van der Waals surface area contributed by atoms with E-state index in [2.05, 4.69) is 51.4 Å². The van der Waals surface area contributed by atoms with Gasteiger partial charge in [0.1, 0.15) is 0 Å². The summed E-state index contributed by atoms with van der Waals surface area (Å²) < 4.78 is 1.23. The predicted octanol–water partition coefficient (Wildman–Crippen LogP) is 4.64. The quantitative estimate of drug-likeness (QED) is 0.833. The summed E-state index contributed by atoms with van der Waals surface area (Å²) in [6, 6.07) is 2.94. The lowest BCUT2D eigenvalue weighted by atomic mass is 9.77. The second-order valence-corrected chi connectivity index (χ2v) is 9.04. The van der Waals surface area contributed by atoms with Crippen LogP contribution in [0, 0.1) is 5.92 Å². The summed E-state index contributed by atoms with van der Waals surface area (Å²) >= 11 is 5.49. The highest BCUT2D eigenvalue weighted by atomic mass is 79.9. The van der Waals surface area contributed by atoms with Crippen molar-refractivity contribution in [3.8, 4) is 0 Å². The van der Waals surface area contributed by atoms with Gasteiger partial charge in [-0.25, -0.2) is 0 Å². The summed E-state index contributed by atoms with van der Waals surface area (Å²) in [4.78, 5) is 4.31. The number of hydrogen-bond acceptors (Lipinski definition) is 3. The molecule has 1 aliphatic heterocycles. The van der Waals surface area contributed by atoms with Gasteiger partial charge in [-0.05, 0) is 40.8 Å². The second kappa shape index (κ2) is 6.69. The molecule has 21 heavy (non-hydrogen) atoms. The van der Waals surface area contributed by atoms with Crippen LogP contribution in [0.2, 0.25) is 0 Å². The number of piperazine rings is 1. The van der Waals surface area contributed by atoms with E-state index in [4.69, 9.17) is 0 Å². The van der Waals surface area contributed by atoms with E-state index in [1.807, 2.05) is 11.3 Å². The highest BCUT2D eigenvalue weighted by Gasteiger charge is 2.42. The minimum Gasteiger partial charge on any atom is -0.311 e. The smallest absolute Gasteiger partial charge is 0.0338 e. The van der Waals surface area contributed by atoms with E-state index in [9.17, 15) is 0 Å². The minimum absolute atomic E-state index is 0.417. The highest BCUT2D eigenvalue weighted by molar-refractivity contribution is 9.10. The molecule has 0 amide bonds. The molecule has 1 saturated carbocycles. The van der Waals surface area contributed by atoms with Crippen LogP contribution in [0.5, 0.6) is 0 Å². The summed E-state index contributed by atoms with van der Waals surface area (Å²) in [5.41, 5.74) is 0.417. The predicted molar refractivity (Wildman–Crippen MR) is 94.9 cm³/mol. The van der Waals surface area contributed by atoms with E-state index < -0.39 is 0 Å². The molecule has 2 heterocycles. The van der Waals surface area contributed by atoms with Crippen molar-refractivity contribution >= 4 is 27.3 Å². The van der Waals surface area contributed by atoms with Gasteiger partial charge in [0.15, 0.2) is 0 Å². The van der Waals surface area contributed by atoms with Gasteiger partial charge in [0.25, 0.3) is 0 Å². The molecule has 118 valence electrons. The van der Waals surface area contributed by atoms with E-state index >= 15 is 0 Å². The lowest BCUT2D eigenvalue weighted by Gasteiger charge is -2.52. The van der Waals surface area contributed by atoms with Crippen LogP contribution in [-0.4, -0.2) is 29.6 Å². The summed E-state index contributed by atoms with van der Waals surface area (Å²) in [6.45, 7) is 8.20. The third-order valence-corrected chi connectivity index (χ3v) is 7.02. The van der Waals surface area contributed by atoms with Crippen molar-refractivity contribution in [3.05, 3.63) is 20.8 Å². The zero-order valence-electron chi connectivity index (χ0n) is 13.2. The van der Waals surface area contributed by atoms with E-state index in [1.165, 1.54) is 54.5 Å². The van der Waals surface area contributed by atoms with Crippen molar-refractivity contribution in [2.24, 2.45) is 5.92 Å². The number of halogens is 1. The maximum Gasteiger partial charge on any atom is 0.0338 e. The molecule has 2 nitrogen and oxygen atoms in total. The van der Waals surface area contributed by atoms with Gasteiger partial charge in [0.2, 0.25) is 0 Å². The molecule has 1 aromatic heterocycles. The fourth-order valence-corrected chi connectivity index (χ4v) is 5.40. The Bertz CT molecular complexity index is 465. The minimum atomic E-state index is 0.417. The molecule has 2 fully saturated rings. The average molecular weight is 371 g/mol. The number of thiophene rings is 1. The van der Waals surface area contributed by atoms with E-state index in [0.29, 0.717) is 17.5 Å². The van der Waals surface area contributed by atoms with Crippen molar-refractivity contribution in [3.63, 3.8) is 0 Å². The van der Waals surface area contributed by atoms with Crippen LogP contribution in [0.1, 0.15) is 50.8 Å². The zero-order valence-corrected chi connectivity index (χ0v) is 15.6. The van der Waals surface area contributed by atoms with Gasteiger partial charge in [0, 0.05) is 45.9 Å². The van der Waals surface area contributed by atoms with Crippen LogP contribution in [0.15, 0.2) is 15.9 Å². The fraction of sp³-hybridized carbons (Fsp3) is 0.765. The molecule has 3 rings (SSSR count). The number of hydrogen-bond donors (Lipinski definition) is 1. The normalized spacial score (nSPS) is 26.6. The maximum absolute atomic E-state index is 3.85. The van der Waals surface area contributed by atoms with Gasteiger partial charge in [-0.2, -0.15) is 0 Å². The van der Waals surface area contributed by atoms with Crippen LogP contribution in [-0.2, 0) is 6.54 Å². The van der Waals surface area contributed by atoms with E-state index in [-0.39, 0.29) is 0 Å². The molecule has 0 bridgehead atoms. The Hall–Kier alpha value is 0.1000. The van der Waals surface area contributed by atoms with Crippen molar-refractivity contribution in [1.82, 2.24) is 10.2 Å². The molecule has 1 unspecified atom stereocenters. The Morgan fingerprint density at radius 2 is 2.14 bits per heavy atom. The van der Waals surface area contributed by atoms with Crippen molar-refractivity contribution in [2.75, 3.05) is 13.1 Å². The Morgan fingerprint density at radius 3 is 2.76 bits per heavy atom. The van der Waals surface area contributed by atoms with Crippen LogP contribution in [0.4, 0.5) is 0 Å². The van der Waals surface area contributed by atoms with E-state index in [1.54, 1.807) is 0 Å². The van der Waals surface area contributed by atoms with E-state index in [0.717, 1.165) is 6.54 Å². The average Bonchev–Trinajstić information content (AvgIpc) is 2.87. The molecule has 1 spiro atoms. The molecular formula is C17H27BrN2S. The fourth-order valence-electron chi connectivity index (χ4n) is 3.94. The monoisotopic (exact) mass is 370 g/mol. The summed E-state index contributed by atoms with van der Waals surface area (Å²) in [5, 5.41) is 6.07. The molecular weight excluding hydrogens is 344 g/mol. The first kappa shape index (κ1) is 16.0. The molecule has 1 N–H and O–H groups in total. The van der Waals surface area contributed by atoms with Crippen molar-refractivity contribution in [2.45, 2.75) is 64.1 Å². The maximum atomic E-state index is 3.85. The molecule has 1 saturated heterocycles. The summed E-state index contributed by atoms with van der Waals surface area (Å²) in [7, 11) is 0. The third kappa shape index (κ3) is 3.54. The Kier molecular flexibility index (Phi) is 5.09. The highest BCUT2D eigenvalue weighted by Crippen LogP contribution is 2.37. The largest absolute Gasteiger partial charge is 0.311 e. The van der Waals surface area contributed by atoms with Gasteiger partial charge in [-0.15, -0.1) is 11.3 Å². The third-order valence-electron chi connectivity index (χ3n) is 5.34. The molecule has 1 aliphatic carbocycles. The Labute approximate surface area is 141 Å². The van der Waals surface area contributed by atoms with Crippen molar-refractivity contribution < 1.29 is 0 Å². The topological polar surface area (TPSA) is 15.3 Å². The summed E-state index contributed by atoms with van der Waals surface area (Å²) in [5.74, 6) is 0.712. The number of nitrogens with zero attached hydrogens (tertiary/aromatic N) is 1. The van der Waals surface area contributed by atoms with Gasteiger partial charge in [0.05, 0.1) is 0 Å². The van der Waals surface area contributed by atoms with Gasteiger partial charge < -0.3 is 5.32 Å². The molecule has 4 heteroatoms. The molecule has 0 aromatic carbocycles. The van der Waals surface area contributed by atoms with Crippen LogP contribution in [0.3, 0.4) is 0 Å². The standard InChI is InChI=1S/C17H27BrN2S/c1-13(2)16-10-20(9-15-8-14(18)11-21-15)17(12-19-16)6-4-3-5-7-17/h8,11,13,16,19H,3-7,9-10,12H2,1-2H3. The lowest BCUT2D eigenvalue weighted by Crippen LogP contribution is -2.65. The Balaban J connectivity index is 1.78. The SMILES string of the molecule is CC(C)C1CN(Cc2cc(Br)cs2)C2(CCCCC2)CN1. The lowest BCUT2D eigenvalue weighted by molar-refractivity contribution is -0.00352. The number of nitrogens with one attached hydrogen (secondary N) is 1. The van der Waals surface area contributed by atoms with Gasteiger partial charge >= 0.3 is 0 Å². The van der Waals surface area contributed by atoms with Crippen molar-refractivity contribution in [1.29, 1.82) is 0 Å². The first-order chi connectivity index (χ1) is 10.1. The van der Waals surface area contributed by atoms with Gasteiger partial charge in [-0.1, -0.05) is 33.1 Å². The molecule has 2 aliphatic rings. The zero-order chi connectivity index (χ0) is 14.9. The molecule has 1 aromatic rings. The molecule has 1 atom stereocenters. The van der Waals surface area contributed by atoms with Crippen LogP contribution >= 0.6 is 27.3 Å². The first-order valence-corrected chi connectivity index (χ1v) is 9.98. The van der Waals surface area contributed by atoms with Crippen LogP contribution in [0.25, 0.3) is 0 Å². The first-order valence-electron chi connectivity index (χ1n) is 8.30. The second-order valence-electron chi connectivity index (χ2n) is 7.13. The van der Waals surface area contributed by atoms with Gasteiger partial charge in [-0.3, -0.25) is 4.90 Å². The van der Waals surface area contributed by atoms with Crippen LogP contribution < -0.4 is 5.32 Å². The Morgan fingerprint density at radius 1 is 1.38 bits per heavy atom. The molecule has 0 radical (unpaired) electrons. The summed E-state index contributed by atoms with van der Waals surface area (Å²) in [6.07, 6.45) is 6.97.